The predicted octanol–water partition coefficient (Wildman–Crippen LogP) is 2.84. The summed E-state index contributed by atoms with van der Waals surface area (Å²) in [5.41, 5.74) is 0.323. The van der Waals surface area contributed by atoms with Crippen molar-refractivity contribution in [3.05, 3.63) is 23.8 Å². The van der Waals surface area contributed by atoms with Gasteiger partial charge in [0.15, 0.2) is 0 Å². The van der Waals surface area contributed by atoms with Gasteiger partial charge in [-0.25, -0.2) is 13.1 Å². The van der Waals surface area contributed by atoms with Crippen molar-refractivity contribution in [2.75, 3.05) is 13.7 Å². The highest BCUT2D eigenvalue weighted by atomic mass is 32.2. The monoisotopic (exact) mass is 368 g/mol. The maximum atomic E-state index is 12.7. The molecule has 1 fully saturated rings. The third-order valence-electron chi connectivity index (χ3n) is 4.46. The van der Waals surface area contributed by atoms with Crippen LogP contribution in [0.2, 0.25) is 0 Å². The lowest BCUT2D eigenvalue weighted by Gasteiger charge is -2.15. The molecule has 1 aromatic rings. The molecule has 0 heterocycles. The highest BCUT2D eigenvalue weighted by Crippen LogP contribution is 2.27. The number of unbranched alkanes of at least 4 members (excludes halogenated alkanes) is 2. The Kier molecular flexibility index (Phi) is 7.25. The van der Waals surface area contributed by atoms with Crippen LogP contribution in [0.4, 0.5) is 0 Å². The molecular weight excluding hydrogens is 340 g/mol. The molecule has 1 aliphatic rings. The molecule has 1 aromatic carbocycles. The molecule has 2 N–H and O–H groups in total. The minimum Gasteiger partial charge on any atom is -0.495 e. The number of methoxy groups -OCH3 is 1. The molecule has 0 aromatic heterocycles. The van der Waals surface area contributed by atoms with Gasteiger partial charge in [0.05, 0.1) is 7.11 Å². The number of benzene rings is 1. The van der Waals surface area contributed by atoms with Gasteiger partial charge in [0.25, 0.3) is 5.91 Å². The number of carbonyl (C=O) groups excluding carboxylic acids is 1. The van der Waals surface area contributed by atoms with Crippen molar-refractivity contribution in [1.82, 2.24) is 10.0 Å². The average Bonchev–Trinajstić information content (AvgIpc) is 3.10. The third-order valence-corrected chi connectivity index (χ3v) is 6.00. The Balaban J connectivity index is 2.16. The largest absolute Gasteiger partial charge is 0.495 e. The van der Waals surface area contributed by atoms with E-state index in [-0.39, 0.29) is 22.6 Å². The highest BCUT2D eigenvalue weighted by molar-refractivity contribution is 7.89. The molecule has 7 heteroatoms. The summed E-state index contributed by atoms with van der Waals surface area (Å²) in [6.45, 7) is 2.68. The normalized spacial score (nSPS) is 15.3. The lowest BCUT2D eigenvalue weighted by Crippen LogP contribution is -2.33. The van der Waals surface area contributed by atoms with Crippen molar-refractivity contribution < 1.29 is 17.9 Å². The standard InChI is InChI=1S/C18H28N2O4S/c1-3-4-7-12-19-18(21)14-10-11-16(24-2)17(13-14)25(22,23)20-15-8-5-6-9-15/h10-11,13,15,20H,3-9,12H2,1-2H3,(H,19,21). The second-order valence-electron chi connectivity index (χ2n) is 6.43. The molecule has 0 atom stereocenters. The smallest absolute Gasteiger partial charge is 0.251 e. The van der Waals surface area contributed by atoms with Gasteiger partial charge in [0.1, 0.15) is 10.6 Å². The van der Waals surface area contributed by atoms with Crippen LogP contribution >= 0.6 is 0 Å². The first kappa shape index (κ1) is 19.7. The fraction of sp³-hybridized carbons (Fsp3) is 0.611. The van der Waals surface area contributed by atoms with E-state index in [0.29, 0.717) is 12.1 Å². The SMILES string of the molecule is CCCCCNC(=O)c1ccc(OC)c(S(=O)(=O)NC2CCCC2)c1. The summed E-state index contributed by atoms with van der Waals surface area (Å²) in [6.07, 6.45) is 6.79. The van der Waals surface area contributed by atoms with Crippen LogP contribution in [0, 0.1) is 0 Å². The van der Waals surface area contributed by atoms with Gasteiger partial charge in [-0.05, 0) is 37.5 Å². The molecule has 140 valence electrons. The van der Waals surface area contributed by atoms with Crippen molar-refractivity contribution in [3.63, 3.8) is 0 Å². The number of rotatable bonds is 9. The van der Waals surface area contributed by atoms with Gasteiger partial charge in [-0.1, -0.05) is 32.6 Å². The zero-order chi connectivity index (χ0) is 18.3. The average molecular weight is 368 g/mol. The molecule has 0 aliphatic heterocycles. The Bertz CT molecular complexity index is 682. The molecule has 0 spiro atoms. The van der Waals surface area contributed by atoms with Crippen LogP contribution < -0.4 is 14.8 Å². The number of hydrogen-bond donors (Lipinski definition) is 2. The Labute approximate surface area is 150 Å². The number of sulfonamides is 1. The van der Waals surface area contributed by atoms with E-state index < -0.39 is 10.0 Å². The summed E-state index contributed by atoms with van der Waals surface area (Å²) >= 11 is 0. The second-order valence-corrected chi connectivity index (χ2v) is 8.11. The topological polar surface area (TPSA) is 84.5 Å². The molecule has 6 nitrogen and oxygen atoms in total. The van der Waals surface area contributed by atoms with Crippen molar-refractivity contribution in [2.45, 2.75) is 62.8 Å². The maximum absolute atomic E-state index is 12.7. The fourth-order valence-corrected chi connectivity index (χ4v) is 4.53. The van der Waals surface area contributed by atoms with E-state index in [9.17, 15) is 13.2 Å². The van der Waals surface area contributed by atoms with Crippen LogP contribution in [0.25, 0.3) is 0 Å². The number of carbonyl (C=O) groups is 1. The van der Waals surface area contributed by atoms with E-state index in [4.69, 9.17) is 4.74 Å². The summed E-state index contributed by atoms with van der Waals surface area (Å²) < 4.78 is 33.4. The van der Waals surface area contributed by atoms with Gasteiger partial charge in [0.2, 0.25) is 10.0 Å². The van der Waals surface area contributed by atoms with Crippen molar-refractivity contribution in [1.29, 1.82) is 0 Å². The van der Waals surface area contributed by atoms with Crippen molar-refractivity contribution in [2.24, 2.45) is 0 Å². The van der Waals surface area contributed by atoms with Gasteiger partial charge >= 0.3 is 0 Å². The number of nitrogens with one attached hydrogen (secondary N) is 2. The lowest BCUT2D eigenvalue weighted by molar-refractivity contribution is 0.0952. The first-order valence-electron chi connectivity index (χ1n) is 8.96. The highest BCUT2D eigenvalue weighted by Gasteiger charge is 2.26. The van der Waals surface area contributed by atoms with Crippen LogP contribution in [0.5, 0.6) is 5.75 Å². The number of hydrogen-bond acceptors (Lipinski definition) is 4. The molecule has 1 saturated carbocycles. The van der Waals surface area contributed by atoms with Gasteiger partial charge in [-0.15, -0.1) is 0 Å². The fourth-order valence-electron chi connectivity index (χ4n) is 3.03. The Morgan fingerprint density at radius 2 is 1.96 bits per heavy atom. The zero-order valence-electron chi connectivity index (χ0n) is 15.0. The zero-order valence-corrected chi connectivity index (χ0v) is 15.8. The van der Waals surface area contributed by atoms with E-state index in [1.54, 1.807) is 6.07 Å². The number of ether oxygens (including phenoxy) is 1. The molecule has 25 heavy (non-hydrogen) atoms. The molecule has 1 aliphatic carbocycles. The van der Waals surface area contributed by atoms with Crippen LogP contribution in [-0.4, -0.2) is 34.0 Å². The molecule has 0 saturated heterocycles. The van der Waals surface area contributed by atoms with E-state index in [2.05, 4.69) is 17.0 Å². The quantitative estimate of drug-likeness (QED) is 0.657. The first-order chi connectivity index (χ1) is 12.0. The van der Waals surface area contributed by atoms with Gasteiger partial charge in [-0.2, -0.15) is 0 Å². The minimum atomic E-state index is -3.73. The molecule has 0 bridgehead atoms. The number of amides is 1. The van der Waals surface area contributed by atoms with Gasteiger partial charge < -0.3 is 10.1 Å². The lowest BCUT2D eigenvalue weighted by atomic mass is 10.2. The second kappa shape index (κ2) is 9.20. The summed E-state index contributed by atoms with van der Waals surface area (Å²) in [4.78, 5) is 12.3. The van der Waals surface area contributed by atoms with Crippen molar-refractivity contribution in [3.8, 4) is 5.75 Å². The van der Waals surface area contributed by atoms with Crippen LogP contribution in [0.3, 0.4) is 0 Å². The van der Waals surface area contributed by atoms with E-state index in [0.717, 1.165) is 44.9 Å². The maximum Gasteiger partial charge on any atom is 0.251 e. The predicted molar refractivity (Wildman–Crippen MR) is 97.4 cm³/mol. The van der Waals surface area contributed by atoms with Gasteiger partial charge in [-0.3, -0.25) is 4.79 Å². The van der Waals surface area contributed by atoms with E-state index in [1.165, 1.54) is 19.2 Å². The van der Waals surface area contributed by atoms with Crippen LogP contribution in [0.15, 0.2) is 23.1 Å². The van der Waals surface area contributed by atoms with Gasteiger partial charge in [0, 0.05) is 18.2 Å². The molecule has 0 radical (unpaired) electrons. The molecule has 0 unspecified atom stereocenters. The van der Waals surface area contributed by atoms with E-state index >= 15 is 0 Å². The molecule has 2 rings (SSSR count). The first-order valence-corrected chi connectivity index (χ1v) is 10.4. The summed E-state index contributed by atoms with van der Waals surface area (Å²) in [7, 11) is -2.30. The third kappa shape index (κ3) is 5.44. The van der Waals surface area contributed by atoms with Crippen LogP contribution in [-0.2, 0) is 10.0 Å². The summed E-state index contributed by atoms with van der Waals surface area (Å²) in [5, 5.41) is 2.83. The van der Waals surface area contributed by atoms with E-state index in [1.807, 2.05) is 0 Å². The summed E-state index contributed by atoms with van der Waals surface area (Å²) in [5.74, 6) is -0.0240. The summed E-state index contributed by atoms with van der Waals surface area (Å²) in [6, 6.07) is 4.47. The molecular formula is C18H28N2O4S. The van der Waals surface area contributed by atoms with Crippen LogP contribution in [0.1, 0.15) is 62.2 Å². The molecule has 1 amide bonds. The Hall–Kier alpha value is -1.60. The van der Waals surface area contributed by atoms with Crippen molar-refractivity contribution >= 4 is 15.9 Å². The Morgan fingerprint density at radius 3 is 2.60 bits per heavy atom. The Morgan fingerprint density at radius 1 is 1.24 bits per heavy atom. The minimum absolute atomic E-state index is 0.0168.